The fraction of sp³-hybridized carbons (Fsp3) is 0.158. The summed E-state index contributed by atoms with van der Waals surface area (Å²) in [5.74, 6) is 7.29. The summed E-state index contributed by atoms with van der Waals surface area (Å²) in [5, 5.41) is 4.76. The number of anilines is 4. The fourth-order valence-corrected chi connectivity index (χ4v) is 2.59. The topological polar surface area (TPSA) is 93.1 Å². The van der Waals surface area contributed by atoms with Gasteiger partial charge in [-0.1, -0.05) is 36.4 Å². The van der Waals surface area contributed by atoms with Crippen LogP contribution in [0.1, 0.15) is 24.1 Å². The Morgan fingerprint density at radius 1 is 1.08 bits per heavy atom. The first-order chi connectivity index (χ1) is 12.0. The molecule has 0 aliphatic rings. The van der Waals surface area contributed by atoms with Crippen molar-refractivity contribution in [2.45, 2.75) is 19.9 Å². The van der Waals surface area contributed by atoms with Gasteiger partial charge in [0.1, 0.15) is 0 Å². The van der Waals surface area contributed by atoms with Crippen LogP contribution in [0.25, 0.3) is 0 Å². The molecular weight excluding hydrogens is 312 g/mol. The molecule has 3 rings (SSSR count). The number of aromatic nitrogens is 2. The predicted molar refractivity (Wildman–Crippen MR) is 102 cm³/mol. The van der Waals surface area contributed by atoms with Crippen molar-refractivity contribution in [3.8, 4) is 0 Å². The van der Waals surface area contributed by atoms with E-state index in [0.717, 1.165) is 11.1 Å². The van der Waals surface area contributed by atoms with Crippen LogP contribution in [0.15, 0.2) is 60.8 Å². The quantitative estimate of drug-likeness (QED) is 0.375. The Bertz CT molecular complexity index is 850. The molecule has 25 heavy (non-hydrogen) atoms. The van der Waals surface area contributed by atoms with E-state index < -0.39 is 0 Å². The highest BCUT2D eigenvalue weighted by Gasteiger charge is 2.12. The van der Waals surface area contributed by atoms with E-state index in [1.54, 1.807) is 12.3 Å². The molecule has 0 aliphatic heterocycles. The van der Waals surface area contributed by atoms with Crippen molar-refractivity contribution in [3.05, 3.63) is 71.9 Å². The van der Waals surface area contributed by atoms with Gasteiger partial charge in [-0.15, -0.1) is 0 Å². The van der Waals surface area contributed by atoms with Crippen molar-refractivity contribution in [1.82, 2.24) is 9.97 Å². The predicted octanol–water partition coefficient (Wildman–Crippen LogP) is 3.55. The molecular formula is C19H22N6. The lowest BCUT2D eigenvalue weighted by Crippen LogP contribution is -2.27. The lowest BCUT2D eigenvalue weighted by molar-refractivity contribution is 0.857. The van der Waals surface area contributed by atoms with Crippen molar-refractivity contribution >= 4 is 23.1 Å². The Morgan fingerprint density at radius 2 is 1.84 bits per heavy atom. The molecule has 0 radical (unpaired) electrons. The summed E-state index contributed by atoms with van der Waals surface area (Å²) in [6.07, 6.45) is 1.67. The Kier molecular flexibility index (Phi) is 4.81. The third-order valence-electron chi connectivity index (χ3n) is 3.98. The maximum Gasteiger partial charge on any atom is 0.225 e. The molecule has 0 aliphatic carbocycles. The highest BCUT2D eigenvalue weighted by atomic mass is 15.4. The Hall–Kier alpha value is -3.12. The van der Waals surface area contributed by atoms with Crippen LogP contribution in [-0.2, 0) is 0 Å². The van der Waals surface area contributed by atoms with Crippen molar-refractivity contribution in [2.75, 3.05) is 16.1 Å². The van der Waals surface area contributed by atoms with Gasteiger partial charge in [0.05, 0.1) is 17.4 Å². The highest BCUT2D eigenvalue weighted by molar-refractivity contribution is 5.73. The van der Waals surface area contributed by atoms with E-state index in [1.165, 1.54) is 5.01 Å². The van der Waals surface area contributed by atoms with Gasteiger partial charge in [-0.25, -0.2) is 10.8 Å². The van der Waals surface area contributed by atoms with Gasteiger partial charge in [0, 0.05) is 12.3 Å². The van der Waals surface area contributed by atoms with Gasteiger partial charge in [-0.2, -0.15) is 4.98 Å². The van der Waals surface area contributed by atoms with Gasteiger partial charge >= 0.3 is 0 Å². The monoisotopic (exact) mass is 334 g/mol. The molecule has 0 fully saturated rings. The molecule has 0 saturated heterocycles. The van der Waals surface area contributed by atoms with Crippen LogP contribution in [0.4, 0.5) is 23.1 Å². The van der Waals surface area contributed by atoms with Crippen LogP contribution in [0.3, 0.4) is 0 Å². The molecule has 3 aromatic rings. The number of nitrogens with one attached hydrogen (secondary N) is 1. The molecule has 0 bridgehead atoms. The Morgan fingerprint density at radius 3 is 2.56 bits per heavy atom. The maximum absolute atomic E-state index is 6.21. The van der Waals surface area contributed by atoms with Crippen LogP contribution in [0.5, 0.6) is 0 Å². The molecule has 0 unspecified atom stereocenters. The summed E-state index contributed by atoms with van der Waals surface area (Å²) in [6, 6.07) is 17.7. The minimum Gasteiger partial charge on any atom is -0.397 e. The molecule has 2 aromatic carbocycles. The van der Waals surface area contributed by atoms with Crippen molar-refractivity contribution in [1.29, 1.82) is 0 Å². The Balaban J connectivity index is 1.81. The molecule has 5 N–H and O–H groups in total. The molecule has 0 spiro atoms. The number of aryl methyl sites for hydroxylation is 1. The average Bonchev–Trinajstić information content (AvgIpc) is 2.62. The standard InChI is InChI=1S/C19H22N6/c1-13-8-9-17(16(20)12-13)25(21)18-10-11-22-19(24-18)23-14(2)15-6-4-3-5-7-15/h3-12,14H,20-21H2,1-2H3,(H,22,23,24)/t14-/m0/s1. The summed E-state index contributed by atoms with van der Waals surface area (Å²) in [6.45, 7) is 4.04. The minimum atomic E-state index is 0.0760. The van der Waals surface area contributed by atoms with Gasteiger partial charge in [-0.05, 0) is 37.1 Å². The SMILES string of the molecule is Cc1ccc(N(N)c2ccnc(N[C@@H](C)c3ccccc3)n2)c(N)c1. The molecule has 1 atom stereocenters. The molecule has 1 heterocycles. The number of hydrazine groups is 1. The summed E-state index contributed by atoms with van der Waals surface area (Å²) < 4.78 is 0. The van der Waals surface area contributed by atoms with E-state index in [-0.39, 0.29) is 6.04 Å². The fourth-order valence-electron chi connectivity index (χ4n) is 2.59. The Labute approximate surface area is 147 Å². The molecule has 1 aromatic heterocycles. The lowest BCUT2D eigenvalue weighted by atomic mass is 10.1. The number of hydrogen-bond donors (Lipinski definition) is 3. The smallest absolute Gasteiger partial charge is 0.225 e. The number of nitrogen functional groups attached to an aromatic ring is 1. The summed E-state index contributed by atoms with van der Waals surface area (Å²) in [4.78, 5) is 8.78. The summed E-state index contributed by atoms with van der Waals surface area (Å²) >= 11 is 0. The van der Waals surface area contributed by atoms with Crippen LogP contribution >= 0.6 is 0 Å². The van der Waals surface area contributed by atoms with Crippen LogP contribution in [0.2, 0.25) is 0 Å². The number of hydrogen-bond acceptors (Lipinski definition) is 6. The molecule has 6 nitrogen and oxygen atoms in total. The first-order valence-corrected chi connectivity index (χ1v) is 8.10. The third kappa shape index (κ3) is 3.87. The zero-order valence-corrected chi connectivity index (χ0v) is 14.3. The highest BCUT2D eigenvalue weighted by Crippen LogP contribution is 2.27. The van der Waals surface area contributed by atoms with E-state index in [9.17, 15) is 0 Å². The minimum absolute atomic E-state index is 0.0760. The van der Waals surface area contributed by atoms with E-state index in [2.05, 4.69) is 34.3 Å². The van der Waals surface area contributed by atoms with Gasteiger partial charge in [0.2, 0.25) is 5.95 Å². The van der Waals surface area contributed by atoms with Crippen molar-refractivity contribution in [2.24, 2.45) is 5.84 Å². The zero-order chi connectivity index (χ0) is 17.8. The van der Waals surface area contributed by atoms with Crippen molar-refractivity contribution < 1.29 is 0 Å². The maximum atomic E-state index is 6.21. The summed E-state index contributed by atoms with van der Waals surface area (Å²) in [5.41, 5.74) is 9.62. The second-order valence-corrected chi connectivity index (χ2v) is 5.95. The van der Waals surface area contributed by atoms with Crippen LogP contribution in [-0.4, -0.2) is 9.97 Å². The number of nitrogens with zero attached hydrogens (tertiary/aromatic N) is 3. The van der Waals surface area contributed by atoms with Crippen LogP contribution in [0, 0.1) is 6.92 Å². The summed E-state index contributed by atoms with van der Waals surface area (Å²) in [7, 11) is 0. The largest absolute Gasteiger partial charge is 0.397 e. The van der Waals surface area contributed by atoms with Gasteiger partial charge in [-0.3, -0.25) is 5.01 Å². The second kappa shape index (κ2) is 7.19. The molecule has 0 amide bonds. The van der Waals surface area contributed by atoms with E-state index in [4.69, 9.17) is 11.6 Å². The van der Waals surface area contributed by atoms with E-state index >= 15 is 0 Å². The first-order valence-electron chi connectivity index (χ1n) is 8.10. The van der Waals surface area contributed by atoms with Crippen LogP contribution < -0.4 is 21.9 Å². The van der Waals surface area contributed by atoms with E-state index in [0.29, 0.717) is 23.1 Å². The normalized spacial score (nSPS) is 11.8. The van der Waals surface area contributed by atoms with E-state index in [1.807, 2.05) is 43.3 Å². The van der Waals surface area contributed by atoms with Gasteiger partial charge < -0.3 is 11.1 Å². The number of rotatable bonds is 5. The molecule has 128 valence electrons. The van der Waals surface area contributed by atoms with Gasteiger partial charge in [0.15, 0.2) is 5.82 Å². The first kappa shape index (κ1) is 16.7. The van der Waals surface area contributed by atoms with Gasteiger partial charge in [0.25, 0.3) is 0 Å². The average molecular weight is 334 g/mol. The number of nitrogens with two attached hydrogens (primary N) is 2. The number of benzene rings is 2. The lowest BCUT2D eigenvalue weighted by Gasteiger charge is -2.21. The third-order valence-corrected chi connectivity index (χ3v) is 3.98. The zero-order valence-electron chi connectivity index (χ0n) is 14.3. The molecule has 0 saturated carbocycles. The molecule has 6 heteroatoms. The second-order valence-electron chi connectivity index (χ2n) is 5.95. The van der Waals surface area contributed by atoms with Crippen molar-refractivity contribution in [3.63, 3.8) is 0 Å².